The first-order valence-corrected chi connectivity index (χ1v) is 11.0. The summed E-state index contributed by atoms with van der Waals surface area (Å²) in [7, 11) is 1.79. The summed E-state index contributed by atoms with van der Waals surface area (Å²) in [5, 5.41) is 4.16. The standard InChI is InChI=1S/C26H28ClNO3/c1-29-26(12-14-30-15-13-26)22-9-5-8-21(16-22)18-28-24-17-23(27)10-11-25(24)31-19-20-6-3-2-4-7-20/h2-11,16-17,28H,12-15,18-19H2,1H3. The average Bonchev–Trinajstić information content (AvgIpc) is 2.83. The third-order valence-electron chi connectivity index (χ3n) is 5.81. The Morgan fingerprint density at radius 1 is 0.935 bits per heavy atom. The number of anilines is 1. The molecule has 31 heavy (non-hydrogen) atoms. The number of hydrogen-bond donors (Lipinski definition) is 1. The summed E-state index contributed by atoms with van der Waals surface area (Å²) < 4.78 is 17.6. The van der Waals surface area contributed by atoms with Gasteiger partial charge in [0.25, 0.3) is 0 Å². The molecule has 0 amide bonds. The molecule has 0 radical (unpaired) electrons. The molecule has 1 aliphatic rings. The Hall–Kier alpha value is -2.53. The van der Waals surface area contributed by atoms with Crippen molar-refractivity contribution in [2.24, 2.45) is 0 Å². The van der Waals surface area contributed by atoms with Gasteiger partial charge in [0.2, 0.25) is 0 Å². The minimum atomic E-state index is -0.270. The Balaban J connectivity index is 1.47. The van der Waals surface area contributed by atoms with Crippen LogP contribution in [-0.4, -0.2) is 20.3 Å². The Kier molecular flexibility index (Phi) is 7.13. The van der Waals surface area contributed by atoms with E-state index < -0.39 is 0 Å². The van der Waals surface area contributed by atoms with Gasteiger partial charge in [-0.05, 0) is 34.9 Å². The predicted octanol–water partition coefficient (Wildman–Crippen LogP) is 6.18. The predicted molar refractivity (Wildman–Crippen MR) is 125 cm³/mol. The zero-order valence-electron chi connectivity index (χ0n) is 17.8. The summed E-state index contributed by atoms with van der Waals surface area (Å²) in [6.45, 7) is 2.61. The van der Waals surface area contributed by atoms with Crippen LogP contribution in [0.1, 0.15) is 29.5 Å². The summed E-state index contributed by atoms with van der Waals surface area (Å²) in [5.41, 5.74) is 4.10. The lowest BCUT2D eigenvalue weighted by molar-refractivity contribution is -0.0948. The molecule has 1 N–H and O–H groups in total. The number of halogens is 1. The molecule has 1 fully saturated rings. The molecule has 1 aliphatic heterocycles. The van der Waals surface area contributed by atoms with Crippen molar-refractivity contribution in [2.45, 2.75) is 31.6 Å². The van der Waals surface area contributed by atoms with Crippen molar-refractivity contribution in [3.8, 4) is 5.75 Å². The maximum absolute atomic E-state index is 6.26. The van der Waals surface area contributed by atoms with Crippen molar-refractivity contribution >= 4 is 17.3 Å². The molecule has 0 saturated carbocycles. The molecular weight excluding hydrogens is 410 g/mol. The van der Waals surface area contributed by atoms with Gasteiger partial charge in [-0.3, -0.25) is 0 Å². The highest BCUT2D eigenvalue weighted by atomic mass is 35.5. The van der Waals surface area contributed by atoms with Gasteiger partial charge in [-0.1, -0.05) is 66.2 Å². The first-order valence-electron chi connectivity index (χ1n) is 10.6. The van der Waals surface area contributed by atoms with Gasteiger partial charge in [0.15, 0.2) is 0 Å². The number of methoxy groups -OCH3 is 1. The number of nitrogens with one attached hydrogen (secondary N) is 1. The minimum Gasteiger partial charge on any atom is -0.487 e. The molecule has 0 aromatic heterocycles. The van der Waals surface area contributed by atoms with Crippen LogP contribution in [0.25, 0.3) is 0 Å². The van der Waals surface area contributed by atoms with Gasteiger partial charge < -0.3 is 19.5 Å². The van der Waals surface area contributed by atoms with E-state index in [4.69, 9.17) is 25.8 Å². The molecule has 0 atom stereocenters. The molecule has 0 aliphatic carbocycles. The van der Waals surface area contributed by atoms with Gasteiger partial charge in [0, 0.05) is 44.7 Å². The van der Waals surface area contributed by atoms with Crippen molar-refractivity contribution in [3.63, 3.8) is 0 Å². The van der Waals surface area contributed by atoms with Gasteiger partial charge in [0.1, 0.15) is 12.4 Å². The molecule has 162 valence electrons. The van der Waals surface area contributed by atoms with E-state index in [1.54, 1.807) is 7.11 Å². The Morgan fingerprint density at radius 3 is 2.48 bits per heavy atom. The van der Waals surface area contributed by atoms with E-state index in [0.717, 1.165) is 43.1 Å². The second-order valence-electron chi connectivity index (χ2n) is 7.78. The average molecular weight is 438 g/mol. The van der Waals surface area contributed by atoms with Crippen LogP contribution in [0, 0.1) is 0 Å². The van der Waals surface area contributed by atoms with E-state index in [9.17, 15) is 0 Å². The van der Waals surface area contributed by atoms with Crippen molar-refractivity contribution in [3.05, 3.63) is 94.5 Å². The van der Waals surface area contributed by atoms with Crippen molar-refractivity contribution in [2.75, 3.05) is 25.6 Å². The van der Waals surface area contributed by atoms with Crippen LogP contribution >= 0.6 is 11.6 Å². The molecular formula is C26H28ClNO3. The SMILES string of the molecule is COC1(c2cccc(CNc3cc(Cl)ccc3OCc3ccccc3)c2)CCOCC1. The normalized spacial score (nSPS) is 15.4. The number of benzene rings is 3. The molecule has 3 aromatic rings. The second-order valence-corrected chi connectivity index (χ2v) is 8.22. The Bertz CT molecular complexity index is 987. The Morgan fingerprint density at radius 2 is 1.71 bits per heavy atom. The molecule has 3 aromatic carbocycles. The fourth-order valence-electron chi connectivity index (χ4n) is 3.98. The number of ether oxygens (including phenoxy) is 3. The van der Waals surface area contributed by atoms with Gasteiger partial charge >= 0.3 is 0 Å². The highest BCUT2D eigenvalue weighted by molar-refractivity contribution is 6.30. The third kappa shape index (κ3) is 5.40. The van der Waals surface area contributed by atoms with Crippen LogP contribution in [0.4, 0.5) is 5.69 Å². The van der Waals surface area contributed by atoms with Crippen LogP contribution in [0.3, 0.4) is 0 Å². The minimum absolute atomic E-state index is 0.270. The van der Waals surface area contributed by atoms with Gasteiger partial charge in [-0.25, -0.2) is 0 Å². The fraction of sp³-hybridized carbons (Fsp3) is 0.308. The van der Waals surface area contributed by atoms with Crippen LogP contribution in [0.15, 0.2) is 72.8 Å². The third-order valence-corrected chi connectivity index (χ3v) is 6.04. The summed E-state index contributed by atoms with van der Waals surface area (Å²) >= 11 is 6.26. The zero-order valence-corrected chi connectivity index (χ0v) is 18.5. The lowest BCUT2D eigenvalue weighted by atomic mass is 9.85. The molecule has 0 spiro atoms. The van der Waals surface area contributed by atoms with E-state index >= 15 is 0 Å². The number of hydrogen-bond acceptors (Lipinski definition) is 4. The van der Waals surface area contributed by atoms with Crippen molar-refractivity contribution in [1.29, 1.82) is 0 Å². The van der Waals surface area contributed by atoms with Crippen molar-refractivity contribution in [1.82, 2.24) is 0 Å². The second kappa shape index (κ2) is 10.2. The van der Waals surface area contributed by atoms with Crippen LogP contribution < -0.4 is 10.1 Å². The van der Waals surface area contributed by atoms with E-state index in [-0.39, 0.29) is 5.60 Å². The van der Waals surface area contributed by atoms with E-state index in [1.165, 1.54) is 11.1 Å². The topological polar surface area (TPSA) is 39.7 Å². The molecule has 0 bridgehead atoms. The fourth-order valence-corrected chi connectivity index (χ4v) is 4.15. The maximum Gasteiger partial charge on any atom is 0.143 e. The largest absolute Gasteiger partial charge is 0.487 e. The number of rotatable bonds is 8. The molecule has 5 heteroatoms. The summed E-state index contributed by atoms with van der Waals surface area (Å²) in [4.78, 5) is 0. The summed E-state index contributed by atoms with van der Waals surface area (Å²) in [6, 6.07) is 24.4. The first-order chi connectivity index (χ1) is 15.2. The summed E-state index contributed by atoms with van der Waals surface area (Å²) in [6.07, 6.45) is 1.73. The molecule has 1 saturated heterocycles. The quantitative estimate of drug-likeness (QED) is 0.456. The highest BCUT2D eigenvalue weighted by Crippen LogP contribution is 2.36. The van der Waals surface area contributed by atoms with Gasteiger partial charge in [-0.15, -0.1) is 0 Å². The zero-order chi connectivity index (χ0) is 21.5. The summed E-state index contributed by atoms with van der Waals surface area (Å²) in [5.74, 6) is 0.780. The van der Waals surface area contributed by atoms with Crippen LogP contribution in [-0.2, 0) is 28.2 Å². The molecule has 4 nitrogen and oxygen atoms in total. The molecule has 0 unspecified atom stereocenters. The molecule has 1 heterocycles. The highest BCUT2D eigenvalue weighted by Gasteiger charge is 2.34. The van der Waals surface area contributed by atoms with Crippen LogP contribution in [0.2, 0.25) is 5.02 Å². The van der Waals surface area contributed by atoms with E-state index in [0.29, 0.717) is 18.2 Å². The lowest BCUT2D eigenvalue weighted by Gasteiger charge is -2.36. The Labute approximate surface area is 189 Å². The maximum atomic E-state index is 6.26. The van der Waals surface area contributed by atoms with Gasteiger partial charge in [0.05, 0.1) is 11.3 Å². The monoisotopic (exact) mass is 437 g/mol. The molecule has 4 rings (SSSR count). The van der Waals surface area contributed by atoms with E-state index in [2.05, 4.69) is 41.7 Å². The van der Waals surface area contributed by atoms with Crippen molar-refractivity contribution < 1.29 is 14.2 Å². The van der Waals surface area contributed by atoms with E-state index in [1.807, 2.05) is 36.4 Å². The van der Waals surface area contributed by atoms with Gasteiger partial charge in [-0.2, -0.15) is 0 Å². The smallest absolute Gasteiger partial charge is 0.143 e. The van der Waals surface area contributed by atoms with Crippen LogP contribution in [0.5, 0.6) is 5.75 Å². The first kappa shape index (κ1) is 21.7. The lowest BCUT2D eigenvalue weighted by Crippen LogP contribution is -2.35.